The Morgan fingerprint density at radius 1 is 1.05 bits per heavy atom. The molecule has 0 aromatic heterocycles. The average Bonchev–Trinajstić information content (AvgIpc) is 2.88. The Bertz CT molecular complexity index is 967. The predicted octanol–water partition coefficient (Wildman–Crippen LogP) is 3.79. The Morgan fingerprint density at radius 2 is 1.79 bits per heavy atom. The normalized spacial score (nSPS) is 18.1. The molecule has 0 saturated heterocycles. The molecule has 0 fully saturated rings. The molecule has 38 heavy (non-hydrogen) atoms. The van der Waals surface area contributed by atoms with E-state index in [1.165, 1.54) is 0 Å². The predicted molar refractivity (Wildman–Crippen MR) is 133 cm³/mol. The van der Waals surface area contributed by atoms with Gasteiger partial charge in [0.05, 0.1) is 12.0 Å². The van der Waals surface area contributed by atoms with E-state index in [0.717, 1.165) is 5.56 Å². The van der Waals surface area contributed by atoms with Crippen molar-refractivity contribution < 1.29 is 41.8 Å². The highest BCUT2D eigenvalue weighted by Crippen LogP contribution is 2.35. The number of ketones is 1. The molecule has 0 aliphatic heterocycles. The summed E-state index contributed by atoms with van der Waals surface area (Å²) >= 11 is 0. The van der Waals surface area contributed by atoms with Crippen LogP contribution in [0.15, 0.2) is 42.5 Å². The maximum absolute atomic E-state index is 12.8. The number of hydrogen-bond donors (Lipinski definition) is 2. The summed E-state index contributed by atoms with van der Waals surface area (Å²) < 4.78 is 47.6. The van der Waals surface area contributed by atoms with Crippen LogP contribution in [0.3, 0.4) is 0 Å². The quantitative estimate of drug-likeness (QED) is 0.198. The molecule has 2 atom stereocenters. The first-order valence-corrected chi connectivity index (χ1v) is 12.7. The van der Waals surface area contributed by atoms with Gasteiger partial charge < -0.3 is 20.1 Å². The molecule has 2 N–H and O–H groups in total. The van der Waals surface area contributed by atoms with Crippen LogP contribution in [0, 0.1) is 5.41 Å². The van der Waals surface area contributed by atoms with Crippen LogP contribution in [-0.4, -0.2) is 55.5 Å². The van der Waals surface area contributed by atoms with Gasteiger partial charge in [0.15, 0.2) is 0 Å². The van der Waals surface area contributed by atoms with Crippen LogP contribution in [0.5, 0.6) is 0 Å². The number of Topliss-reactive ketones (excluding diaryl/α,β-unsaturated/α-hetero) is 1. The zero-order chi connectivity index (χ0) is 28.0. The summed E-state index contributed by atoms with van der Waals surface area (Å²) in [5, 5.41) is 4.93. The molecule has 0 radical (unpaired) electrons. The second kappa shape index (κ2) is 15.3. The minimum absolute atomic E-state index is 0.0477. The number of nitrogens with one attached hydrogen (secondary N) is 2. The molecular formula is C27H35F3N2O6. The Labute approximate surface area is 220 Å². The van der Waals surface area contributed by atoms with E-state index >= 15 is 0 Å². The molecular weight excluding hydrogens is 505 g/mol. The number of carbonyl (C=O) groups excluding carboxylic acids is 4. The van der Waals surface area contributed by atoms with Crippen LogP contribution in [0.2, 0.25) is 0 Å². The lowest BCUT2D eigenvalue weighted by molar-refractivity contribution is -0.173. The SMILES string of the molecule is CCOC(=O)C1(CCCN[C@@H](CCCCNC(=O)C(F)(F)F)C(=O)OCc2ccccc2)C=CCC(=O)C1. The summed E-state index contributed by atoms with van der Waals surface area (Å²) in [5.41, 5.74) is -0.230. The minimum Gasteiger partial charge on any atom is -0.465 e. The number of carbonyl (C=O) groups is 4. The fourth-order valence-corrected chi connectivity index (χ4v) is 4.18. The third-order valence-corrected chi connectivity index (χ3v) is 6.14. The van der Waals surface area contributed by atoms with Crippen LogP contribution in [0.25, 0.3) is 0 Å². The third-order valence-electron chi connectivity index (χ3n) is 6.14. The highest BCUT2D eigenvalue weighted by atomic mass is 19.4. The second-order valence-corrected chi connectivity index (χ2v) is 9.15. The van der Waals surface area contributed by atoms with Crippen LogP contribution in [0.4, 0.5) is 13.2 Å². The van der Waals surface area contributed by atoms with E-state index < -0.39 is 35.5 Å². The molecule has 1 aromatic rings. The largest absolute Gasteiger partial charge is 0.471 e. The van der Waals surface area contributed by atoms with Crippen molar-refractivity contribution in [2.75, 3.05) is 19.7 Å². The molecule has 1 aromatic carbocycles. The van der Waals surface area contributed by atoms with Gasteiger partial charge in [-0.3, -0.25) is 19.2 Å². The number of ether oxygens (including phenoxy) is 2. The van der Waals surface area contributed by atoms with Gasteiger partial charge in [-0.05, 0) is 51.1 Å². The van der Waals surface area contributed by atoms with E-state index in [-0.39, 0.29) is 51.2 Å². The summed E-state index contributed by atoms with van der Waals surface area (Å²) in [5.74, 6) is -3.02. The van der Waals surface area contributed by atoms with Crippen molar-refractivity contribution in [2.24, 2.45) is 5.41 Å². The molecule has 0 heterocycles. The maximum Gasteiger partial charge on any atom is 0.471 e. The van der Waals surface area contributed by atoms with Gasteiger partial charge >= 0.3 is 24.0 Å². The van der Waals surface area contributed by atoms with Gasteiger partial charge in [0, 0.05) is 19.4 Å². The van der Waals surface area contributed by atoms with E-state index in [0.29, 0.717) is 25.8 Å². The number of alkyl halides is 3. The Hall–Kier alpha value is -3.21. The molecule has 0 spiro atoms. The molecule has 0 bridgehead atoms. The van der Waals surface area contributed by atoms with Crippen molar-refractivity contribution in [3.05, 3.63) is 48.0 Å². The van der Waals surface area contributed by atoms with Crippen molar-refractivity contribution in [3.8, 4) is 0 Å². The first-order valence-electron chi connectivity index (χ1n) is 12.7. The summed E-state index contributed by atoms with van der Waals surface area (Å²) in [4.78, 5) is 48.4. The van der Waals surface area contributed by atoms with Crippen LogP contribution < -0.4 is 10.6 Å². The lowest BCUT2D eigenvalue weighted by Gasteiger charge is -2.30. The first kappa shape index (κ1) is 31.0. The topological polar surface area (TPSA) is 111 Å². The highest BCUT2D eigenvalue weighted by Gasteiger charge is 2.40. The van der Waals surface area contributed by atoms with Crippen molar-refractivity contribution in [1.29, 1.82) is 0 Å². The highest BCUT2D eigenvalue weighted by molar-refractivity contribution is 5.91. The second-order valence-electron chi connectivity index (χ2n) is 9.15. The first-order chi connectivity index (χ1) is 18.1. The Kier molecular flexibility index (Phi) is 12.5. The van der Waals surface area contributed by atoms with Crippen molar-refractivity contribution in [1.82, 2.24) is 10.6 Å². The van der Waals surface area contributed by atoms with Crippen LogP contribution in [0.1, 0.15) is 57.4 Å². The standard InChI is InChI=1S/C27H35F3N2O6/c1-2-37-25(36)26(14-8-12-21(33)18-26)15-9-17-31-22(13-6-7-16-32-24(35)27(28,29)30)23(34)38-19-20-10-4-3-5-11-20/h3-5,8,10-11,14,22,31H,2,6-7,9,12-13,15-19H2,1H3,(H,32,35)/t22-,26?/m0/s1. The number of unbranched alkanes of at least 4 members (excludes halogenated alkanes) is 1. The number of hydrogen-bond acceptors (Lipinski definition) is 7. The van der Waals surface area contributed by atoms with Gasteiger partial charge in [-0.2, -0.15) is 13.2 Å². The van der Waals surface area contributed by atoms with Gasteiger partial charge in [0.25, 0.3) is 0 Å². The molecule has 1 aliphatic rings. The van der Waals surface area contributed by atoms with Crippen molar-refractivity contribution in [3.63, 3.8) is 0 Å². The fourth-order valence-electron chi connectivity index (χ4n) is 4.18. The summed E-state index contributed by atoms with van der Waals surface area (Å²) in [7, 11) is 0. The summed E-state index contributed by atoms with van der Waals surface area (Å²) in [6.07, 6.45) is 0.487. The number of benzene rings is 1. The van der Waals surface area contributed by atoms with Crippen LogP contribution in [-0.2, 0) is 35.3 Å². The summed E-state index contributed by atoms with van der Waals surface area (Å²) in [6.45, 7) is 2.12. The number of rotatable bonds is 15. The number of esters is 2. The van der Waals surface area contributed by atoms with Gasteiger partial charge in [0.1, 0.15) is 18.4 Å². The van der Waals surface area contributed by atoms with Gasteiger partial charge in [-0.1, -0.05) is 42.5 Å². The minimum atomic E-state index is -4.94. The van der Waals surface area contributed by atoms with Crippen LogP contribution >= 0.6 is 0 Å². The molecule has 8 nitrogen and oxygen atoms in total. The summed E-state index contributed by atoms with van der Waals surface area (Å²) in [6, 6.07) is 8.36. The van der Waals surface area contributed by atoms with Gasteiger partial charge in [-0.25, -0.2) is 0 Å². The third kappa shape index (κ3) is 10.3. The molecule has 1 amide bonds. The number of allylic oxidation sites excluding steroid dienone is 1. The molecule has 2 rings (SSSR count). The molecule has 0 saturated carbocycles. The molecule has 1 aliphatic carbocycles. The molecule has 11 heteroatoms. The zero-order valence-corrected chi connectivity index (χ0v) is 21.5. The van der Waals surface area contributed by atoms with Crippen molar-refractivity contribution >= 4 is 23.6 Å². The van der Waals surface area contributed by atoms with E-state index in [4.69, 9.17) is 9.47 Å². The number of amides is 1. The van der Waals surface area contributed by atoms with E-state index in [9.17, 15) is 32.3 Å². The fraction of sp³-hybridized carbons (Fsp3) is 0.556. The van der Waals surface area contributed by atoms with E-state index in [1.807, 2.05) is 35.6 Å². The Morgan fingerprint density at radius 3 is 2.45 bits per heavy atom. The average molecular weight is 541 g/mol. The van der Waals surface area contributed by atoms with E-state index in [1.54, 1.807) is 19.1 Å². The zero-order valence-electron chi connectivity index (χ0n) is 21.5. The smallest absolute Gasteiger partial charge is 0.465 e. The Balaban J connectivity index is 1.92. The monoisotopic (exact) mass is 540 g/mol. The van der Waals surface area contributed by atoms with E-state index in [2.05, 4.69) is 5.32 Å². The molecule has 210 valence electrons. The lowest BCUT2D eigenvalue weighted by Crippen LogP contribution is -2.40. The van der Waals surface area contributed by atoms with Gasteiger partial charge in [-0.15, -0.1) is 0 Å². The molecule has 1 unspecified atom stereocenters. The van der Waals surface area contributed by atoms with Gasteiger partial charge in [0.2, 0.25) is 0 Å². The maximum atomic E-state index is 12.8. The number of halogens is 3. The van der Waals surface area contributed by atoms with Crippen molar-refractivity contribution in [2.45, 2.75) is 70.7 Å². The lowest BCUT2D eigenvalue weighted by atomic mass is 9.75.